The fraction of sp³-hybridized carbons (Fsp3) is 0.455. The largest absolute Gasteiger partial charge is 0.496 e. The topological polar surface area (TPSA) is 47.7 Å². The summed E-state index contributed by atoms with van der Waals surface area (Å²) < 4.78 is 5.36. The highest BCUT2D eigenvalue weighted by atomic mass is 16.6. The first kappa shape index (κ1) is 10.3. The van der Waals surface area contributed by atoms with Crippen LogP contribution in [0.5, 0.6) is 5.75 Å². The van der Waals surface area contributed by atoms with E-state index in [1.807, 2.05) is 12.1 Å². The molecular weight excluding hydrogens is 192 g/mol. The molecule has 1 aliphatic rings. The molecule has 1 heterocycles. The number of nitrogens with zero attached hydrogens (tertiary/aromatic N) is 1. The van der Waals surface area contributed by atoms with Crippen LogP contribution in [0.15, 0.2) is 18.2 Å². The minimum atomic E-state index is 0.297. The number of benzene rings is 1. The smallest absolute Gasteiger partial charge is 0.124 e. The van der Waals surface area contributed by atoms with Crippen LogP contribution in [0.4, 0.5) is 5.69 Å². The van der Waals surface area contributed by atoms with Crippen molar-refractivity contribution in [2.45, 2.75) is 5.92 Å². The molecule has 1 aromatic rings. The van der Waals surface area contributed by atoms with Gasteiger partial charge in [0.1, 0.15) is 5.75 Å². The second-order valence-corrected chi connectivity index (χ2v) is 3.80. The van der Waals surface area contributed by atoms with Gasteiger partial charge in [0, 0.05) is 30.8 Å². The van der Waals surface area contributed by atoms with Crippen LogP contribution < -0.4 is 15.5 Å². The van der Waals surface area contributed by atoms with Gasteiger partial charge >= 0.3 is 0 Å². The molecule has 4 heteroatoms. The van der Waals surface area contributed by atoms with Gasteiger partial charge in [0.25, 0.3) is 0 Å². The van der Waals surface area contributed by atoms with Crippen LogP contribution in [-0.2, 0) is 4.84 Å². The van der Waals surface area contributed by atoms with Gasteiger partial charge in [0.2, 0.25) is 0 Å². The number of likely N-dealkylation sites (N-methyl/N-ethyl adjacent to an activating group) is 1. The Kier molecular flexibility index (Phi) is 2.79. The molecule has 0 fully saturated rings. The molecule has 4 nitrogen and oxygen atoms in total. The van der Waals surface area contributed by atoms with Crippen LogP contribution in [0.25, 0.3) is 0 Å². The highest BCUT2D eigenvalue weighted by Gasteiger charge is 2.29. The quantitative estimate of drug-likeness (QED) is 0.756. The van der Waals surface area contributed by atoms with Crippen LogP contribution in [0.3, 0.4) is 0 Å². The van der Waals surface area contributed by atoms with Crippen molar-refractivity contribution in [3.8, 4) is 5.75 Å². The van der Waals surface area contributed by atoms with Gasteiger partial charge in [-0.05, 0) is 12.1 Å². The Hall–Kier alpha value is -1.26. The van der Waals surface area contributed by atoms with Gasteiger partial charge < -0.3 is 14.5 Å². The van der Waals surface area contributed by atoms with Gasteiger partial charge in [-0.3, -0.25) is 0 Å². The van der Waals surface area contributed by atoms with E-state index in [-0.39, 0.29) is 0 Å². The third-order valence-corrected chi connectivity index (χ3v) is 2.87. The average Bonchev–Trinajstić information content (AvgIpc) is 2.57. The number of ether oxygens (including phenoxy) is 1. The number of fused-ring (bicyclic) bond motifs is 1. The van der Waals surface area contributed by atoms with Crippen LogP contribution in [0.2, 0.25) is 0 Å². The molecule has 1 atom stereocenters. The second kappa shape index (κ2) is 4.08. The molecule has 0 aliphatic carbocycles. The number of rotatable bonds is 3. The van der Waals surface area contributed by atoms with Gasteiger partial charge in [-0.2, -0.15) is 0 Å². The summed E-state index contributed by atoms with van der Waals surface area (Å²) in [5.41, 5.74) is 2.41. The summed E-state index contributed by atoms with van der Waals surface area (Å²) in [5.74, 6) is 6.36. The summed E-state index contributed by atoms with van der Waals surface area (Å²) in [4.78, 5) is 6.94. The molecule has 2 N–H and O–H groups in total. The number of hydrogen-bond acceptors (Lipinski definition) is 4. The highest BCUT2D eigenvalue weighted by Crippen LogP contribution is 2.41. The van der Waals surface area contributed by atoms with Gasteiger partial charge in [-0.1, -0.05) is 6.07 Å². The predicted molar refractivity (Wildman–Crippen MR) is 59.1 cm³/mol. The summed E-state index contributed by atoms with van der Waals surface area (Å²) in [6, 6.07) is 6.07. The maximum Gasteiger partial charge on any atom is 0.124 e. The molecule has 2 rings (SSSR count). The van der Waals surface area contributed by atoms with E-state index in [4.69, 9.17) is 15.5 Å². The number of anilines is 1. The lowest BCUT2D eigenvalue weighted by Crippen LogP contribution is -2.19. The molecule has 0 amide bonds. The van der Waals surface area contributed by atoms with Gasteiger partial charge in [0.05, 0.1) is 13.7 Å². The van der Waals surface area contributed by atoms with Crippen molar-refractivity contribution >= 4 is 5.69 Å². The van der Waals surface area contributed by atoms with Crippen molar-refractivity contribution in [1.29, 1.82) is 0 Å². The van der Waals surface area contributed by atoms with E-state index < -0.39 is 0 Å². The first-order chi connectivity index (χ1) is 7.27. The zero-order valence-corrected chi connectivity index (χ0v) is 9.06. The summed E-state index contributed by atoms with van der Waals surface area (Å²) in [6.45, 7) is 1.45. The van der Waals surface area contributed by atoms with Gasteiger partial charge in [-0.25, -0.2) is 5.90 Å². The molecule has 1 aromatic carbocycles. The van der Waals surface area contributed by atoms with Crippen molar-refractivity contribution < 1.29 is 9.57 Å². The Bertz CT molecular complexity index is 354. The van der Waals surface area contributed by atoms with Gasteiger partial charge in [0.15, 0.2) is 0 Å². The average molecular weight is 208 g/mol. The molecular formula is C11H16N2O2. The Labute approximate surface area is 89.5 Å². The first-order valence-electron chi connectivity index (χ1n) is 4.97. The summed E-state index contributed by atoms with van der Waals surface area (Å²) in [7, 11) is 3.75. The molecule has 0 spiro atoms. The summed E-state index contributed by atoms with van der Waals surface area (Å²) >= 11 is 0. The number of hydrogen-bond donors (Lipinski definition) is 1. The van der Waals surface area contributed by atoms with Crippen LogP contribution in [0, 0.1) is 0 Å². The number of methoxy groups -OCH3 is 1. The molecule has 0 radical (unpaired) electrons. The Morgan fingerprint density at radius 1 is 1.53 bits per heavy atom. The van der Waals surface area contributed by atoms with Crippen molar-refractivity contribution in [3.63, 3.8) is 0 Å². The van der Waals surface area contributed by atoms with E-state index in [1.54, 1.807) is 7.11 Å². The van der Waals surface area contributed by atoms with Gasteiger partial charge in [-0.15, -0.1) is 0 Å². The molecule has 0 saturated carbocycles. The van der Waals surface area contributed by atoms with E-state index in [2.05, 4.69) is 18.0 Å². The standard InChI is InChI=1S/C11H16N2O2/c1-13-6-8(7-15-12)11-9(13)4-3-5-10(11)14-2/h3-5,8H,6-7,12H2,1-2H3. The normalized spacial score (nSPS) is 19.1. The molecule has 0 saturated heterocycles. The summed E-state index contributed by atoms with van der Waals surface area (Å²) in [5, 5.41) is 0. The maximum absolute atomic E-state index is 5.36. The third-order valence-electron chi connectivity index (χ3n) is 2.87. The Balaban J connectivity index is 2.41. The van der Waals surface area contributed by atoms with E-state index in [0.29, 0.717) is 12.5 Å². The van der Waals surface area contributed by atoms with Crippen molar-refractivity contribution in [2.75, 3.05) is 32.2 Å². The zero-order chi connectivity index (χ0) is 10.8. The molecule has 0 aromatic heterocycles. The van der Waals surface area contributed by atoms with Crippen molar-refractivity contribution in [1.82, 2.24) is 0 Å². The Morgan fingerprint density at radius 2 is 2.33 bits per heavy atom. The zero-order valence-electron chi connectivity index (χ0n) is 9.06. The summed E-state index contributed by atoms with van der Waals surface area (Å²) in [6.07, 6.45) is 0. The lowest BCUT2D eigenvalue weighted by Gasteiger charge is -2.12. The fourth-order valence-electron chi connectivity index (χ4n) is 2.23. The molecule has 1 unspecified atom stereocenters. The second-order valence-electron chi connectivity index (χ2n) is 3.80. The molecule has 1 aliphatic heterocycles. The predicted octanol–water partition coefficient (Wildman–Crippen LogP) is 1.12. The van der Waals surface area contributed by atoms with Crippen molar-refractivity contribution in [3.05, 3.63) is 23.8 Å². The third kappa shape index (κ3) is 1.66. The molecule has 82 valence electrons. The minimum Gasteiger partial charge on any atom is -0.496 e. The molecule has 0 bridgehead atoms. The highest BCUT2D eigenvalue weighted by molar-refractivity contribution is 5.65. The van der Waals surface area contributed by atoms with Crippen LogP contribution >= 0.6 is 0 Å². The maximum atomic E-state index is 5.36. The molecule has 15 heavy (non-hydrogen) atoms. The van der Waals surface area contributed by atoms with Crippen molar-refractivity contribution in [2.24, 2.45) is 5.90 Å². The van der Waals surface area contributed by atoms with E-state index in [0.717, 1.165) is 12.3 Å². The fourth-order valence-corrected chi connectivity index (χ4v) is 2.23. The SMILES string of the molecule is COc1cccc2c1C(CON)CN2C. The van der Waals surface area contributed by atoms with Crippen LogP contribution in [0.1, 0.15) is 11.5 Å². The Morgan fingerprint density at radius 3 is 3.00 bits per heavy atom. The van der Waals surface area contributed by atoms with E-state index in [9.17, 15) is 0 Å². The number of nitrogens with two attached hydrogens (primary N) is 1. The monoisotopic (exact) mass is 208 g/mol. The lowest BCUT2D eigenvalue weighted by atomic mass is 10.0. The minimum absolute atomic E-state index is 0.297. The lowest BCUT2D eigenvalue weighted by molar-refractivity contribution is 0.125. The van der Waals surface area contributed by atoms with E-state index in [1.165, 1.54) is 11.3 Å². The van der Waals surface area contributed by atoms with E-state index >= 15 is 0 Å². The first-order valence-corrected chi connectivity index (χ1v) is 4.97. The van der Waals surface area contributed by atoms with Crippen LogP contribution in [-0.4, -0.2) is 27.3 Å².